The molecule has 0 saturated carbocycles. The molecule has 1 aromatic rings. The minimum absolute atomic E-state index is 0. The third kappa shape index (κ3) is 30.8. The highest BCUT2D eigenvalue weighted by atomic mass is 32.1. The second kappa shape index (κ2) is 30.7. The highest BCUT2D eigenvalue weighted by molar-refractivity contribution is 7.37. The molecule has 0 aromatic heterocycles. The molecule has 0 fully saturated rings. The Morgan fingerprint density at radius 1 is 0.935 bits per heavy atom. The highest BCUT2D eigenvalue weighted by Gasteiger charge is 1.99. The van der Waals surface area contributed by atoms with Crippen molar-refractivity contribution in [3.8, 4) is 5.75 Å². The van der Waals surface area contributed by atoms with Gasteiger partial charge in [0.15, 0.2) is 0 Å². The summed E-state index contributed by atoms with van der Waals surface area (Å²) in [6, 6.07) is 6.89. The molecule has 0 atom stereocenters. The summed E-state index contributed by atoms with van der Waals surface area (Å²) < 4.78 is 8.98. The first-order valence-corrected chi connectivity index (χ1v) is 8.07. The first-order chi connectivity index (χ1) is 12.8. The van der Waals surface area contributed by atoms with Gasteiger partial charge in [0, 0.05) is 24.7 Å². The lowest BCUT2D eigenvalue weighted by atomic mass is 10.2. The van der Waals surface area contributed by atoms with Crippen molar-refractivity contribution in [2.45, 2.75) is 13.3 Å². The van der Waals surface area contributed by atoms with Gasteiger partial charge in [0.1, 0.15) is 12.4 Å². The van der Waals surface area contributed by atoms with Crippen LogP contribution < -0.4 is 0 Å². The summed E-state index contributed by atoms with van der Waals surface area (Å²) in [6.45, 7) is 11.9. The van der Waals surface area contributed by atoms with Gasteiger partial charge in [-0.25, -0.2) is 9.59 Å². The van der Waals surface area contributed by atoms with Crippen molar-refractivity contribution in [1.29, 1.82) is 0 Å². The van der Waals surface area contributed by atoms with Crippen molar-refractivity contribution in [1.82, 2.24) is 0 Å². The average molecular weight is 513 g/mol. The standard InChI is InChI=1S/C8H8O.2C6H10O3.4H2S/c1-2-7-3-5-8(9)6-4-7;1-5(2)6(8)9-4-3-7;1-2-6(8)9-5-3-4-7;;;;/h2-6,9H,1H2;7H,1,3-4H2,2H3;2,7H,1,3-5H2;4*1H2/p-4. The van der Waals surface area contributed by atoms with E-state index >= 15 is 0 Å². The van der Waals surface area contributed by atoms with Crippen LogP contribution in [0.15, 0.2) is 55.7 Å². The molecular formula is C20H32O7S4-4. The van der Waals surface area contributed by atoms with Crippen LogP contribution in [0.4, 0.5) is 0 Å². The molecule has 0 spiro atoms. The van der Waals surface area contributed by atoms with E-state index in [1.54, 1.807) is 25.1 Å². The summed E-state index contributed by atoms with van der Waals surface area (Å²) in [5, 5.41) is 25.2. The molecular weight excluding hydrogens is 480 g/mol. The Labute approximate surface area is 212 Å². The number of aliphatic hydroxyl groups excluding tert-OH is 2. The van der Waals surface area contributed by atoms with E-state index < -0.39 is 11.9 Å². The van der Waals surface area contributed by atoms with E-state index in [1.165, 1.54) is 0 Å². The number of aromatic hydroxyl groups is 1. The lowest BCUT2D eigenvalue weighted by Crippen LogP contribution is -2.08. The van der Waals surface area contributed by atoms with Gasteiger partial charge in [0.25, 0.3) is 0 Å². The number of benzene rings is 1. The van der Waals surface area contributed by atoms with E-state index in [-0.39, 0.29) is 80.4 Å². The molecule has 0 radical (unpaired) electrons. The average Bonchev–Trinajstić information content (AvgIpc) is 2.67. The van der Waals surface area contributed by atoms with Crippen LogP contribution in [0.5, 0.6) is 5.75 Å². The van der Waals surface area contributed by atoms with Crippen molar-refractivity contribution in [2.75, 3.05) is 26.4 Å². The van der Waals surface area contributed by atoms with E-state index in [4.69, 9.17) is 15.3 Å². The second-order valence-electron chi connectivity index (χ2n) is 4.88. The van der Waals surface area contributed by atoms with Gasteiger partial charge in [-0.05, 0) is 24.6 Å². The van der Waals surface area contributed by atoms with E-state index in [0.29, 0.717) is 17.7 Å². The van der Waals surface area contributed by atoms with E-state index in [1.807, 2.05) is 12.1 Å². The largest absolute Gasteiger partial charge is 0.813 e. The van der Waals surface area contributed by atoms with E-state index in [9.17, 15) is 9.59 Å². The van der Waals surface area contributed by atoms with Crippen LogP contribution in [0.3, 0.4) is 0 Å². The third-order valence-corrected chi connectivity index (χ3v) is 2.52. The maximum Gasteiger partial charge on any atom is 0.333 e. The molecule has 0 bridgehead atoms. The Hall–Kier alpha value is -1.50. The zero-order valence-electron chi connectivity index (χ0n) is 17.4. The second-order valence-corrected chi connectivity index (χ2v) is 4.88. The van der Waals surface area contributed by atoms with Crippen LogP contribution in [-0.2, 0) is 73.0 Å². The van der Waals surface area contributed by atoms with Crippen molar-refractivity contribution < 1.29 is 34.4 Å². The number of ether oxygens (including phenoxy) is 2. The fourth-order valence-corrected chi connectivity index (χ4v) is 1.17. The number of hydrogen-bond acceptors (Lipinski definition) is 11. The molecule has 0 unspecified atom stereocenters. The Bertz CT molecular complexity index is 592. The van der Waals surface area contributed by atoms with Crippen LogP contribution in [0.2, 0.25) is 0 Å². The summed E-state index contributed by atoms with van der Waals surface area (Å²) in [7, 11) is 0. The molecule has 11 heteroatoms. The van der Waals surface area contributed by atoms with Gasteiger partial charge >= 0.3 is 11.9 Å². The molecule has 7 nitrogen and oxygen atoms in total. The molecule has 0 aliphatic rings. The number of carbonyl (C=O) groups excluding carboxylic acids is 2. The molecule has 182 valence electrons. The van der Waals surface area contributed by atoms with Crippen molar-refractivity contribution in [3.63, 3.8) is 0 Å². The van der Waals surface area contributed by atoms with Crippen LogP contribution in [0.1, 0.15) is 18.9 Å². The van der Waals surface area contributed by atoms with Crippen LogP contribution in [0, 0.1) is 0 Å². The summed E-state index contributed by atoms with van der Waals surface area (Å²) in [5.41, 5.74) is 1.37. The fourth-order valence-electron chi connectivity index (χ4n) is 1.17. The van der Waals surface area contributed by atoms with Gasteiger partial charge in [-0.15, -0.1) is 0 Å². The summed E-state index contributed by atoms with van der Waals surface area (Å²) in [6.07, 6.45) is 3.32. The molecule has 1 aromatic carbocycles. The minimum atomic E-state index is -0.455. The predicted octanol–water partition coefficient (Wildman–Crippen LogP) is 1.15. The highest BCUT2D eigenvalue weighted by Crippen LogP contribution is 2.09. The van der Waals surface area contributed by atoms with E-state index in [2.05, 4.69) is 29.2 Å². The Morgan fingerprint density at radius 3 is 1.81 bits per heavy atom. The van der Waals surface area contributed by atoms with Crippen LogP contribution in [0.25, 0.3) is 6.08 Å². The van der Waals surface area contributed by atoms with Crippen molar-refractivity contribution in [3.05, 3.63) is 61.2 Å². The zero-order chi connectivity index (χ0) is 21.1. The van der Waals surface area contributed by atoms with Crippen molar-refractivity contribution in [2.24, 2.45) is 0 Å². The quantitative estimate of drug-likeness (QED) is 0.153. The number of carbonyl (C=O) groups is 2. The molecule has 0 amide bonds. The molecule has 0 saturated heterocycles. The number of rotatable bonds is 8. The van der Waals surface area contributed by atoms with Gasteiger partial charge in [0.2, 0.25) is 0 Å². The first-order valence-electron chi connectivity index (χ1n) is 8.07. The third-order valence-electron chi connectivity index (χ3n) is 2.52. The maximum atomic E-state index is 10.5. The minimum Gasteiger partial charge on any atom is -0.813 e. The van der Waals surface area contributed by atoms with Crippen molar-refractivity contribution >= 4 is 72.0 Å². The number of aliphatic hydroxyl groups is 2. The predicted molar refractivity (Wildman–Crippen MR) is 139 cm³/mol. The Morgan fingerprint density at radius 2 is 1.45 bits per heavy atom. The monoisotopic (exact) mass is 512 g/mol. The van der Waals surface area contributed by atoms with Gasteiger partial charge < -0.3 is 78.8 Å². The zero-order valence-corrected chi connectivity index (χ0v) is 21.0. The van der Waals surface area contributed by atoms with Gasteiger partial charge in [0.05, 0.1) is 13.2 Å². The molecule has 3 N–H and O–H groups in total. The fraction of sp³-hybridized carbons (Fsp3) is 0.300. The number of phenolic OH excluding ortho intramolecular Hbond substituents is 1. The van der Waals surface area contributed by atoms with Gasteiger partial charge in [-0.3, -0.25) is 0 Å². The maximum absolute atomic E-state index is 10.5. The number of phenols is 1. The molecule has 0 heterocycles. The molecule has 0 aliphatic carbocycles. The summed E-state index contributed by atoms with van der Waals surface area (Å²) in [4.78, 5) is 20.7. The van der Waals surface area contributed by atoms with Crippen LogP contribution >= 0.6 is 0 Å². The van der Waals surface area contributed by atoms with Gasteiger partial charge in [-0.2, -0.15) is 0 Å². The Kier molecular flexibility index (Phi) is 43.0. The number of hydrogen-bond donors (Lipinski definition) is 3. The lowest BCUT2D eigenvalue weighted by molar-refractivity contribution is -0.140. The molecule has 0 aliphatic heterocycles. The first kappa shape index (κ1) is 43.4. The molecule has 31 heavy (non-hydrogen) atoms. The number of esters is 2. The van der Waals surface area contributed by atoms with Crippen LogP contribution in [-0.4, -0.2) is 53.7 Å². The summed E-state index contributed by atoms with van der Waals surface area (Å²) in [5.74, 6) is -0.604. The van der Waals surface area contributed by atoms with Gasteiger partial charge in [-0.1, -0.05) is 37.9 Å². The summed E-state index contributed by atoms with van der Waals surface area (Å²) >= 11 is 0. The van der Waals surface area contributed by atoms with E-state index in [0.717, 1.165) is 11.6 Å². The lowest BCUT2D eigenvalue weighted by Gasteiger charge is -1.99. The molecule has 1 rings (SSSR count). The normalized spacial score (nSPS) is 7.58. The SMILES string of the molecule is C=C(C)C(=O)OCCO.C=CC(=O)OCCCO.C=Cc1ccc(O)cc1.[SH-].[SH-].[SH-].[SH-]. The number of thiol groups is 4. The smallest absolute Gasteiger partial charge is 0.333 e. The topological polar surface area (TPSA) is 113 Å². The Balaban J connectivity index is -0.0000000710.